The number of nitrogens with two attached hydrogens (primary N) is 2. The standard InChI is InChI=1S/C11H18N2.C2H6/c1-4-7(2)9-6-10(12)8(3)5-11(9)13;1-2/h5-7H,4,12-13H2,1-3H3;1-2H3. The van der Waals surface area contributed by atoms with Crippen LogP contribution in [-0.4, -0.2) is 0 Å². The molecule has 1 atom stereocenters. The molecule has 0 saturated heterocycles. The van der Waals surface area contributed by atoms with Crippen LogP contribution in [0.15, 0.2) is 12.1 Å². The first-order valence-electron chi connectivity index (χ1n) is 5.71. The molecule has 15 heavy (non-hydrogen) atoms. The molecule has 0 spiro atoms. The number of anilines is 2. The van der Waals surface area contributed by atoms with Crippen molar-refractivity contribution in [1.29, 1.82) is 0 Å². The Hall–Kier alpha value is -1.18. The van der Waals surface area contributed by atoms with Crippen molar-refractivity contribution in [2.45, 2.75) is 47.0 Å². The van der Waals surface area contributed by atoms with E-state index in [4.69, 9.17) is 11.5 Å². The molecule has 2 heteroatoms. The minimum absolute atomic E-state index is 0.489. The van der Waals surface area contributed by atoms with Gasteiger partial charge in [-0.05, 0) is 42.5 Å². The second-order valence-corrected chi connectivity index (χ2v) is 3.65. The van der Waals surface area contributed by atoms with E-state index in [0.717, 1.165) is 23.4 Å². The summed E-state index contributed by atoms with van der Waals surface area (Å²) >= 11 is 0. The predicted octanol–water partition coefficient (Wildman–Crippen LogP) is 3.70. The van der Waals surface area contributed by atoms with Gasteiger partial charge in [0.05, 0.1) is 0 Å². The minimum atomic E-state index is 0.489. The average Bonchev–Trinajstić information content (AvgIpc) is 2.25. The van der Waals surface area contributed by atoms with Crippen molar-refractivity contribution in [2.24, 2.45) is 0 Å². The van der Waals surface area contributed by atoms with Gasteiger partial charge in [0.15, 0.2) is 0 Å². The summed E-state index contributed by atoms with van der Waals surface area (Å²) in [6.45, 7) is 10.3. The summed E-state index contributed by atoms with van der Waals surface area (Å²) in [4.78, 5) is 0. The molecule has 0 aliphatic rings. The lowest BCUT2D eigenvalue weighted by molar-refractivity contribution is 0.736. The summed E-state index contributed by atoms with van der Waals surface area (Å²) in [6.07, 6.45) is 1.09. The molecular formula is C13H24N2. The smallest absolute Gasteiger partial charge is 0.0353 e. The molecule has 0 amide bonds. The van der Waals surface area contributed by atoms with Gasteiger partial charge in [-0.2, -0.15) is 0 Å². The predicted molar refractivity (Wildman–Crippen MR) is 70.1 cm³/mol. The van der Waals surface area contributed by atoms with Gasteiger partial charge in [0.1, 0.15) is 0 Å². The third-order valence-corrected chi connectivity index (χ3v) is 2.61. The van der Waals surface area contributed by atoms with Crippen molar-refractivity contribution in [3.8, 4) is 0 Å². The van der Waals surface area contributed by atoms with E-state index in [0.29, 0.717) is 5.92 Å². The maximum absolute atomic E-state index is 5.91. The van der Waals surface area contributed by atoms with E-state index in [1.165, 1.54) is 5.56 Å². The highest BCUT2D eigenvalue weighted by Crippen LogP contribution is 2.28. The Kier molecular flexibility index (Phi) is 5.83. The molecule has 1 unspecified atom stereocenters. The molecular weight excluding hydrogens is 184 g/mol. The van der Waals surface area contributed by atoms with Crippen LogP contribution in [0.4, 0.5) is 11.4 Å². The first-order chi connectivity index (χ1) is 7.06. The van der Waals surface area contributed by atoms with Crippen LogP contribution in [0, 0.1) is 6.92 Å². The van der Waals surface area contributed by atoms with Crippen molar-refractivity contribution in [2.75, 3.05) is 11.5 Å². The van der Waals surface area contributed by atoms with Crippen LogP contribution in [-0.2, 0) is 0 Å². The fourth-order valence-electron chi connectivity index (χ4n) is 1.41. The highest BCUT2D eigenvalue weighted by atomic mass is 14.6. The first-order valence-corrected chi connectivity index (χ1v) is 5.71. The van der Waals surface area contributed by atoms with Crippen molar-refractivity contribution in [1.82, 2.24) is 0 Å². The maximum Gasteiger partial charge on any atom is 0.0353 e. The molecule has 1 aromatic rings. The Labute approximate surface area is 93.7 Å². The van der Waals surface area contributed by atoms with Gasteiger partial charge in [0.25, 0.3) is 0 Å². The number of aryl methyl sites for hydroxylation is 1. The summed E-state index contributed by atoms with van der Waals surface area (Å²) in [7, 11) is 0. The maximum atomic E-state index is 5.91. The Morgan fingerprint density at radius 1 is 1.13 bits per heavy atom. The lowest BCUT2D eigenvalue weighted by Gasteiger charge is -2.14. The van der Waals surface area contributed by atoms with Crippen LogP contribution in [0.2, 0.25) is 0 Å². The molecule has 0 fully saturated rings. The Morgan fingerprint density at radius 2 is 1.67 bits per heavy atom. The molecule has 2 nitrogen and oxygen atoms in total. The molecule has 86 valence electrons. The summed E-state index contributed by atoms with van der Waals surface area (Å²) in [6, 6.07) is 3.95. The van der Waals surface area contributed by atoms with Gasteiger partial charge in [0, 0.05) is 11.4 Å². The van der Waals surface area contributed by atoms with Crippen molar-refractivity contribution in [3.05, 3.63) is 23.3 Å². The summed E-state index contributed by atoms with van der Waals surface area (Å²) in [5.74, 6) is 0.489. The fourth-order valence-corrected chi connectivity index (χ4v) is 1.41. The Bertz CT molecular complexity index is 306. The number of nitrogen functional groups attached to an aromatic ring is 2. The molecule has 1 rings (SSSR count). The molecule has 0 aliphatic carbocycles. The van der Waals surface area contributed by atoms with E-state index in [-0.39, 0.29) is 0 Å². The lowest BCUT2D eigenvalue weighted by atomic mass is 9.95. The highest BCUT2D eigenvalue weighted by molar-refractivity contribution is 5.60. The quantitative estimate of drug-likeness (QED) is 0.728. The van der Waals surface area contributed by atoms with Crippen LogP contribution in [0.1, 0.15) is 51.2 Å². The summed E-state index contributed by atoms with van der Waals surface area (Å²) < 4.78 is 0. The van der Waals surface area contributed by atoms with E-state index in [2.05, 4.69) is 13.8 Å². The largest absolute Gasteiger partial charge is 0.399 e. The first kappa shape index (κ1) is 13.8. The highest BCUT2D eigenvalue weighted by Gasteiger charge is 2.08. The normalized spacial score (nSPS) is 11.5. The number of benzene rings is 1. The zero-order chi connectivity index (χ0) is 12.0. The molecule has 0 bridgehead atoms. The van der Waals surface area contributed by atoms with Gasteiger partial charge >= 0.3 is 0 Å². The molecule has 0 aliphatic heterocycles. The third-order valence-electron chi connectivity index (χ3n) is 2.61. The van der Waals surface area contributed by atoms with Crippen molar-refractivity contribution < 1.29 is 0 Å². The second kappa shape index (κ2) is 6.33. The average molecular weight is 208 g/mol. The molecule has 0 heterocycles. The van der Waals surface area contributed by atoms with Crippen LogP contribution in [0.3, 0.4) is 0 Å². The molecule has 0 aromatic heterocycles. The van der Waals surface area contributed by atoms with E-state index >= 15 is 0 Å². The van der Waals surface area contributed by atoms with Crippen LogP contribution < -0.4 is 11.5 Å². The zero-order valence-electron chi connectivity index (χ0n) is 10.6. The van der Waals surface area contributed by atoms with Crippen LogP contribution >= 0.6 is 0 Å². The second-order valence-electron chi connectivity index (χ2n) is 3.65. The van der Waals surface area contributed by atoms with Crippen molar-refractivity contribution >= 4 is 11.4 Å². The molecule has 1 aromatic carbocycles. The fraction of sp³-hybridized carbons (Fsp3) is 0.538. The van der Waals surface area contributed by atoms with Crippen LogP contribution in [0.5, 0.6) is 0 Å². The van der Waals surface area contributed by atoms with Gasteiger partial charge in [0.2, 0.25) is 0 Å². The summed E-state index contributed by atoms with van der Waals surface area (Å²) in [5, 5.41) is 0. The monoisotopic (exact) mass is 208 g/mol. The summed E-state index contributed by atoms with van der Waals surface area (Å²) in [5.41, 5.74) is 15.7. The van der Waals surface area contributed by atoms with E-state index < -0.39 is 0 Å². The molecule has 0 radical (unpaired) electrons. The number of rotatable bonds is 2. The topological polar surface area (TPSA) is 52.0 Å². The lowest BCUT2D eigenvalue weighted by Crippen LogP contribution is -2.01. The van der Waals surface area contributed by atoms with E-state index in [1.54, 1.807) is 0 Å². The SMILES string of the molecule is CC.CCC(C)c1cc(N)c(C)cc1N. The zero-order valence-corrected chi connectivity index (χ0v) is 10.6. The van der Waals surface area contributed by atoms with Gasteiger partial charge in [-0.25, -0.2) is 0 Å². The number of hydrogen-bond acceptors (Lipinski definition) is 2. The van der Waals surface area contributed by atoms with Crippen molar-refractivity contribution in [3.63, 3.8) is 0 Å². The number of hydrogen-bond donors (Lipinski definition) is 2. The van der Waals surface area contributed by atoms with E-state index in [1.807, 2.05) is 32.9 Å². The Balaban J connectivity index is 0.000000921. The third kappa shape index (κ3) is 3.46. The minimum Gasteiger partial charge on any atom is -0.399 e. The van der Waals surface area contributed by atoms with Gasteiger partial charge < -0.3 is 11.5 Å². The van der Waals surface area contributed by atoms with Gasteiger partial charge in [-0.15, -0.1) is 0 Å². The van der Waals surface area contributed by atoms with Gasteiger partial charge in [-0.1, -0.05) is 27.7 Å². The van der Waals surface area contributed by atoms with Crippen LogP contribution in [0.25, 0.3) is 0 Å². The van der Waals surface area contributed by atoms with E-state index in [9.17, 15) is 0 Å². The molecule has 4 N–H and O–H groups in total. The molecule has 0 saturated carbocycles. The van der Waals surface area contributed by atoms with Gasteiger partial charge in [-0.3, -0.25) is 0 Å². The Morgan fingerprint density at radius 3 is 2.13 bits per heavy atom.